The Labute approximate surface area is 872 Å². The summed E-state index contributed by atoms with van der Waals surface area (Å²) in [7, 11) is 4.95. The first-order valence-corrected chi connectivity index (χ1v) is 52.7. The van der Waals surface area contributed by atoms with Gasteiger partial charge in [-0.3, -0.25) is 19.6 Å². The molecule has 4 aromatic carbocycles. The van der Waals surface area contributed by atoms with Crippen molar-refractivity contribution in [1.29, 1.82) is 0 Å². The number of aliphatic hydroxyl groups excluding tert-OH is 1. The van der Waals surface area contributed by atoms with Crippen molar-refractivity contribution in [2.45, 2.75) is 247 Å². The molecule has 5 heterocycles. The maximum Gasteiger partial charge on any atom is 1.00 e. The van der Waals surface area contributed by atoms with E-state index < -0.39 is 66.2 Å². The third kappa shape index (κ3) is 47.9. The van der Waals surface area contributed by atoms with E-state index >= 15 is 0 Å². The Morgan fingerprint density at radius 1 is 0.446 bits per heavy atom. The molecule has 0 saturated carbocycles. The number of aliphatic carboxylic acids is 1. The number of alkyl carbamates (subject to hydrolysis) is 2. The number of thiazole rings is 5. The number of Topliss-reactive ketones (excluding diaryl/α,β-unsaturated/α-hetero) is 2. The summed E-state index contributed by atoms with van der Waals surface area (Å²) in [6, 6.07) is 35.2. The monoisotopic (exact) mass is 2250 g/mol. The Morgan fingerprint density at radius 2 is 0.746 bits per heavy atom. The van der Waals surface area contributed by atoms with E-state index in [1.54, 1.807) is 83.5 Å². The van der Waals surface area contributed by atoms with E-state index in [1.165, 1.54) is 32.5 Å². The number of carboxylic acid groups (broad SMARTS) is 1. The van der Waals surface area contributed by atoms with E-state index in [1.807, 2.05) is 167 Å². The Kier molecular flexibility index (Phi) is 59.1. The third-order valence-corrected chi connectivity index (χ3v) is 24.5. The molecule has 0 aliphatic rings. The summed E-state index contributed by atoms with van der Waals surface area (Å²) in [6.45, 7) is 24.4. The van der Waals surface area contributed by atoms with Crippen LogP contribution >= 0.6 is 118 Å². The van der Waals surface area contributed by atoms with Crippen LogP contribution in [-0.2, 0) is 91.9 Å². The topological polar surface area (TPSA) is 348 Å². The van der Waals surface area contributed by atoms with Crippen molar-refractivity contribution in [1.82, 2.24) is 66.2 Å². The molecule has 0 aliphatic carbocycles. The van der Waals surface area contributed by atoms with Gasteiger partial charge in [0.25, 0.3) is 0 Å². The second kappa shape index (κ2) is 64.0. The molecule has 9 rings (SSSR count). The number of carbonyl (C=O) groups is 8. The first-order chi connectivity index (χ1) is 60.0. The molecule has 0 bridgehead atoms. The summed E-state index contributed by atoms with van der Waals surface area (Å²) in [4.78, 5) is 131. The molecule has 0 radical (unpaired) electrons. The predicted molar refractivity (Wildman–Crippen MR) is 546 cm³/mol. The first-order valence-electron chi connectivity index (χ1n) is 42.0. The van der Waals surface area contributed by atoms with E-state index in [2.05, 4.69) is 142 Å². The zero-order valence-corrected chi connectivity index (χ0v) is 91.0. The number of rotatable bonds is 44. The van der Waals surface area contributed by atoms with E-state index in [9.17, 15) is 48.6 Å². The average molecular weight is 2250 g/mol. The molecule has 7 N–H and O–H groups in total. The fourth-order valence-corrected chi connectivity index (χ4v) is 16.2. The summed E-state index contributed by atoms with van der Waals surface area (Å²) in [6.07, 6.45) is 7.78. The molecular formula is C94H133I3KN13O14S5. The second-order valence-corrected chi connectivity index (χ2v) is 38.3. The molecule has 5 aromatic heterocycles. The first kappa shape index (κ1) is 120. The second-order valence-electron chi connectivity index (χ2n) is 33.7. The van der Waals surface area contributed by atoms with Gasteiger partial charge < -0.3 is 77.9 Å². The number of ether oxygens (including phenoxy) is 4. The number of hydrogen-bond donors (Lipinski definition) is 7. The molecule has 9 aromatic rings. The molecule has 36 heteroatoms. The number of ketones is 2. The number of halogens is 3. The van der Waals surface area contributed by atoms with Gasteiger partial charge in [-0.1, -0.05) is 170 Å². The van der Waals surface area contributed by atoms with Crippen LogP contribution in [0.3, 0.4) is 0 Å². The average Bonchev–Trinajstić information content (AvgIpc) is 1.46. The molecule has 0 fully saturated rings. The number of aromatic nitrogens is 5. The normalized spacial score (nSPS) is 12.6. The van der Waals surface area contributed by atoms with Crippen molar-refractivity contribution in [2.24, 2.45) is 11.8 Å². The van der Waals surface area contributed by atoms with Crippen LogP contribution in [0.1, 0.15) is 211 Å². The number of carbonyl (C=O) groups excluding carboxylic acids is 7. The van der Waals surface area contributed by atoms with Gasteiger partial charge in [0.1, 0.15) is 25.3 Å². The van der Waals surface area contributed by atoms with Crippen molar-refractivity contribution in [3.63, 3.8) is 0 Å². The number of amides is 8. The maximum absolute atomic E-state index is 14.1. The predicted octanol–water partition coefficient (Wildman–Crippen LogP) is 17.7. The number of carboxylic acids is 1. The van der Waals surface area contributed by atoms with Gasteiger partial charge in [-0.05, 0) is 127 Å². The van der Waals surface area contributed by atoms with Gasteiger partial charge in [0.05, 0.1) is 104 Å². The summed E-state index contributed by atoms with van der Waals surface area (Å²) in [5.74, 6) is -0.667. The number of hydrogen-bond acceptors (Lipinski definition) is 23. The van der Waals surface area contributed by atoms with Gasteiger partial charge in [0.15, 0.2) is 17.6 Å². The van der Waals surface area contributed by atoms with Crippen LogP contribution in [0.15, 0.2) is 161 Å². The van der Waals surface area contributed by atoms with Crippen LogP contribution in [0.25, 0.3) is 0 Å². The fourth-order valence-electron chi connectivity index (χ4n) is 12.7. The number of benzene rings is 4. The summed E-state index contributed by atoms with van der Waals surface area (Å²) in [5, 5.41) is 42.5. The third-order valence-electron chi connectivity index (χ3n) is 19.5. The zero-order valence-electron chi connectivity index (χ0n) is 77.2. The molecule has 0 unspecified atom stereocenters. The summed E-state index contributed by atoms with van der Waals surface area (Å²) in [5.41, 5.74) is 9.18. The fraction of sp³-hybridized carbons (Fsp3) is 0.489. The van der Waals surface area contributed by atoms with Crippen LogP contribution in [0.2, 0.25) is 0 Å². The van der Waals surface area contributed by atoms with E-state index in [0.29, 0.717) is 88.8 Å². The largest absolute Gasteiger partial charge is 1.00 e. The van der Waals surface area contributed by atoms with Crippen molar-refractivity contribution in [3.8, 4) is 0 Å². The minimum Gasteiger partial charge on any atom is -0.480 e. The summed E-state index contributed by atoms with van der Waals surface area (Å²) < 4.78 is 22.5. The Morgan fingerprint density at radius 3 is 1.03 bits per heavy atom. The molecule has 27 nitrogen and oxygen atoms in total. The quantitative estimate of drug-likeness (QED) is 0.0106. The standard InChI is InChI=1S/C40H53N5O5S2.C36H45N5O5S2.C16H27N3O4S.CH4.CH3.I2.HI.K/c1-28(2)37-42-33(26-51-37)23-45(6)38(47)44-35(25-50-40(3,4)5)36(46)21-31(19-29-13-9-7-10-14-29)17-18-32(20-30-15-11-8-12-16-30)43-39(48)49-24-34-22-41-27-52-34;1-25(2)34-38-30(23-47-34)20-41(3)35(44)40-32(21-42)33(43)18-28(16-26-10-6-4-7-11-26)14-15-29(17-27-12-8-5-9-13-27)39-36(45)46-22-31-19-37-24-48-31;1-10(2)13-17-11(9-24-13)7-19(6)15(22)18-12(14(20)21)8-23-16(3,4)5;;;1-2;;/h7-16,22,26-28,31-32,35H,17-21,23-25H2,1-6H3,(H,43,48)(H,44,47);4-13,19,23-25,28-29,32,42H,14-18,20-22H2,1-3H3,(H,39,45)(H,40,44);9-10,12H,7-8H2,1-6H3,(H,18,22)(H,20,21);1H4;1H3;;1H;/q;;;;-1;;;+1/t31-,32-,35+;28-,29-,32+;12-;;;;;/m110...../s1. The van der Waals surface area contributed by atoms with Crippen molar-refractivity contribution >= 4 is 166 Å². The van der Waals surface area contributed by atoms with Gasteiger partial charge in [-0.15, -0.1) is 80.7 Å². The van der Waals surface area contributed by atoms with Gasteiger partial charge >= 0.3 is 87.6 Å². The molecule has 0 spiro atoms. The number of urea groups is 3. The van der Waals surface area contributed by atoms with E-state index in [-0.39, 0.29) is 171 Å². The van der Waals surface area contributed by atoms with Crippen LogP contribution in [0, 0.1) is 19.3 Å². The zero-order chi connectivity index (χ0) is 92.3. The molecule has 710 valence electrons. The van der Waals surface area contributed by atoms with Crippen molar-refractivity contribution < 1.29 is 119 Å². The Balaban J connectivity index is 0.000000682. The van der Waals surface area contributed by atoms with Gasteiger partial charge in [0, 0.05) is 130 Å². The molecule has 0 aliphatic heterocycles. The Hall–Kier alpha value is -6.10. The molecular weight excluding hydrogens is 2120 g/mol. The van der Waals surface area contributed by atoms with Crippen LogP contribution < -0.4 is 78.0 Å². The number of nitrogens with one attached hydrogen (secondary N) is 5. The number of nitrogens with zero attached hydrogens (tertiary/aromatic N) is 8. The minimum atomic E-state index is -1.13. The molecule has 8 amide bonds. The van der Waals surface area contributed by atoms with Crippen LogP contribution in [-0.4, -0.2) is 180 Å². The van der Waals surface area contributed by atoms with Gasteiger partial charge in [-0.25, -0.2) is 43.7 Å². The minimum absolute atomic E-state index is 0. The van der Waals surface area contributed by atoms with Gasteiger partial charge in [-0.2, -0.15) is 0 Å². The van der Waals surface area contributed by atoms with Gasteiger partial charge in [0.2, 0.25) is 0 Å². The number of aliphatic hydroxyl groups is 1. The SMILES string of the molecule is C.CC(C)c1nc(CN(C)C(=O)N[C@@H](CO)C(=O)C[C@H](CC[C@H](Cc2ccccc2)NC(=O)OCc2cncs2)Cc2ccccc2)cs1.CC(C)c1nc(CN(C)C(=O)N[C@@H](COC(C)(C)C)C(=O)C[C@H](CC[C@H](Cc2ccccc2)NC(=O)OCc2cncs2)Cc2ccccc2)cs1.CC(C)c1nc(CN(C)C(=O)N[C@@H](COC(C)(C)C)C(=O)O)cs1.I.II.[CH3-].[K+]. The smallest absolute Gasteiger partial charge is 0.480 e. The van der Waals surface area contributed by atoms with Crippen LogP contribution in [0.4, 0.5) is 24.0 Å². The maximum atomic E-state index is 14.1. The van der Waals surface area contributed by atoms with Crippen molar-refractivity contribution in [2.75, 3.05) is 41.0 Å². The molecule has 0 saturated heterocycles. The summed E-state index contributed by atoms with van der Waals surface area (Å²) >= 11 is 11.8. The molecule has 130 heavy (non-hydrogen) atoms. The van der Waals surface area contributed by atoms with Crippen molar-refractivity contribution in [3.05, 3.63) is 232 Å². The van der Waals surface area contributed by atoms with E-state index in [0.717, 1.165) is 64.1 Å². The Bertz CT molecular complexity index is 4670. The van der Waals surface area contributed by atoms with E-state index in [4.69, 9.17) is 18.9 Å². The molecule has 7 atom stereocenters. The van der Waals surface area contributed by atoms with Crippen LogP contribution in [0.5, 0.6) is 0 Å².